The highest BCUT2D eigenvalue weighted by Gasteiger charge is 2.28. The number of aromatic nitrogens is 2. The number of Topliss-reactive ketones (excluding diaryl/α,β-unsaturated/α-hetero) is 1. The van der Waals surface area contributed by atoms with Crippen LogP contribution in [0.5, 0.6) is 0 Å². The van der Waals surface area contributed by atoms with E-state index in [9.17, 15) is 9.59 Å². The third-order valence-corrected chi connectivity index (χ3v) is 4.70. The Bertz CT molecular complexity index is 752. The number of rotatable bonds is 5. The number of ether oxygens (including phenoxy) is 1. The number of imidazole rings is 1. The van der Waals surface area contributed by atoms with E-state index in [1.54, 1.807) is 29.1 Å². The molecule has 1 aliphatic rings. The van der Waals surface area contributed by atoms with E-state index in [0.717, 1.165) is 38.0 Å². The number of aryl methyl sites for hydroxylation is 1. The standard InChI is InChI=1S/C19H23N3O3/c1-21-11-9-20-18(21)17(23)16-4-3-10-22(13-16)12-14-5-7-15(8-6-14)19(24)25-2/h5-9,11,16H,3-4,10,12-13H2,1-2H3. The van der Waals surface area contributed by atoms with Gasteiger partial charge in [0.1, 0.15) is 0 Å². The fourth-order valence-corrected chi connectivity index (χ4v) is 3.32. The van der Waals surface area contributed by atoms with Crippen molar-refractivity contribution >= 4 is 11.8 Å². The number of esters is 1. The Labute approximate surface area is 147 Å². The quantitative estimate of drug-likeness (QED) is 0.617. The first kappa shape index (κ1) is 17.4. The van der Waals surface area contributed by atoms with Gasteiger partial charge in [-0.25, -0.2) is 9.78 Å². The molecule has 1 aromatic carbocycles. The summed E-state index contributed by atoms with van der Waals surface area (Å²) in [6, 6.07) is 7.44. The summed E-state index contributed by atoms with van der Waals surface area (Å²) in [4.78, 5) is 30.6. The molecule has 25 heavy (non-hydrogen) atoms. The number of nitrogens with zero attached hydrogens (tertiary/aromatic N) is 3. The highest BCUT2D eigenvalue weighted by molar-refractivity contribution is 5.95. The molecule has 2 heterocycles. The minimum Gasteiger partial charge on any atom is -0.465 e. The van der Waals surface area contributed by atoms with E-state index in [0.29, 0.717) is 11.4 Å². The average molecular weight is 341 g/mol. The number of carbonyl (C=O) groups is 2. The lowest BCUT2D eigenvalue weighted by Crippen LogP contribution is -2.38. The summed E-state index contributed by atoms with van der Waals surface area (Å²) in [6.07, 6.45) is 5.37. The lowest BCUT2D eigenvalue weighted by Gasteiger charge is -2.31. The molecule has 2 aromatic rings. The summed E-state index contributed by atoms with van der Waals surface area (Å²) in [7, 11) is 3.23. The number of methoxy groups -OCH3 is 1. The van der Waals surface area contributed by atoms with Crippen LogP contribution >= 0.6 is 0 Å². The van der Waals surface area contributed by atoms with Crippen molar-refractivity contribution in [2.24, 2.45) is 13.0 Å². The van der Waals surface area contributed by atoms with Crippen LogP contribution in [0.1, 0.15) is 39.4 Å². The van der Waals surface area contributed by atoms with Gasteiger partial charge in [-0.3, -0.25) is 9.69 Å². The molecule has 0 amide bonds. The molecule has 0 N–H and O–H groups in total. The summed E-state index contributed by atoms with van der Waals surface area (Å²) in [6.45, 7) is 2.49. The van der Waals surface area contributed by atoms with Gasteiger partial charge in [0.15, 0.2) is 5.82 Å². The van der Waals surface area contributed by atoms with E-state index < -0.39 is 0 Å². The number of hydrogen-bond acceptors (Lipinski definition) is 5. The molecule has 0 spiro atoms. The molecule has 6 nitrogen and oxygen atoms in total. The molecule has 0 bridgehead atoms. The Morgan fingerprint density at radius 1 is 1.28 bits per heavy atom. The van der Waals surface area contributed by atoms with E-state index in [2.05, 4.69) is 9.88 Å². The van der Waals surface area contributed by atoms with Crippen molar-refractivity contribution in [1.29, 1.82) is 0 Å². The molecule has 1 aromatic heterocycles. The van der Waals surface area contributed by atoms with Gasteiger partial charge in [-0.05, 0) is 37.1 Å². The van der Waals surface area contributed by atoms with E-state index >= 15 is 0 Å². The normalized spacial score (nSPS) is 18.1. The first-order valence-corrected chi connectivity index (χ1v) is 8.49. The SMILES string of the molecule is COC(=O)c1ccc(CN2CCCC(C(=O)c3nccn3C)C2)cc1. The summed E-state index contributed by atoms with van der Waals surface area (Å²) in [5.41, 5.74) is 1.67. The van der Waals surface area contributed by atoms with Gasteiger partial charge in [0.05, 0.1) is 12.7 Å². The highest BCUT2D eigenvalue weighted by atomic mass is 16.5. The third-order valence-electron chi connectivity index (χ3n) is 4.70. The first-order valence-electron chi connectivity index (χ1n) is 8.49. The van der Waals surface area contributed by atoms with Crippen LogP contribution in [0.4, 0.5) is 0 Å². The molecule has 6 heteroatoms. The molecule has 1 aliphatic heterocycles. The van der Waals surface area contributed by atoms with Gasteiger partial charge in [-0.1, -0.05) is 12.1 Å². The largest absolute Gasteiger partial charge is 0.465 e. The van der Waals surface area contributed by atoms with Gasteiger partial charge < -0.3 is 9.30 Å². The van der Waals surface area contributed by atoms with Crippen molar-refractivity contribution in [2.45, 2.75) is 19.4 Å². The van der Waals surface area contributed by atoms with Crippen molar-refractivity contribution in [2.75, 3.05) is 20.2 Å². The molecule has 0 aliphatic carbocycles. The van der Waals surface area contributed by atoms with Crippen LogP contribution in [0.25, 0.3) is 0 Å². The topological polar surface area (TPSA) is 64.4 Å². The van der Waals surface area contributed by atoms with E-state index in [-0.39, 0.29) is 17.7 Å². The van der Waals surface area contributed by atoms with Gasteiger partial charge >= 0.3 is 5.97 Å². The first-order chi connectivity index (χ1) is 12.1. The van der Waals surface area contributed by atoms with Gasteiger partial charge in [0, 0.05) is 38.4 Å². The summed E-state index contributed by atoms with van der Waals surface area (Å²) < 4.78 is 6.50. The van der Waals surface area contributed by atoms with Crippen LogP contribution in [-0.4, -0.2) is 46.4 Å². The minimum absolute atomic E-state index is 0.0100. The van der Waals surface area contributed by atoms with Crippen LogP contribution in [-0.2, 0) is 18.3 Å². The molecule has 1 saturated heterocycles. The molecule has 132 valence electrons. The van der Waals surface area contributed by atoms with Gasteiger partial charge in [-0.2, -0.15) is 0 Å². The van der Waals surface area contributed by atoms with Crippen molar-refractivity contribution < 1.29 is 14.3 Å². The monoisotopic (exact) mass is 341 g/mol. The summed E-state index contributed by atoms with van der Waals surface area (Å²) in [5, 5.41) is 0. The average Bonchev–Trinajstić information content (AvgIpc) is 3.07. The molecule has 0 radical (unpaired) electrons. The van der Waals surface area contributed by atoms with Crippen LogP contribution in [0, 0.1) is 5.92 Å². The molecule has 0 saturated carbocycles. The number of likely N-dealkylation sites (tertiary alicyclic amines) is 1. The van der Waals surface area contributed by atoms with Gasteiger partial charge in [0.2, 0.25) is 5.78 Å². The smallest absolute Gasteiger partial charge is 0.337 e. The predicted molar refractivity (Wildman–Crippen MR) is 93.3 cm³/mol. The molecular weight excluding hydrogens is 318 g/mol. The Kier molecular flexibility index (Phi) is 5.28. The second-order valence-electron chi connectivity index (χ2n) is 6.49. The van der Waals surface area contributed by atoms with E-state index in [1.165, 1.54) is 7.11 Å². The van der Waals surface area contributed by atoms with Crippen LogP contribution in [0.2, 0.25) is 0 Å². The van der Waals surface area contributed by atoms with Gasteiger partial charge in [0.25, 0.3) is 0 Å². The zero-order valence-electron chi connectivity index (χ0n) is 14.6. The van der Waals surface area contributed by atoms with Gasteiger partial charge in [-0.15, -0.1) is 0 Å². The number of benzene rings is 1. The van der Waals surface area contributed by atoms with Crippen molar-refractivity contribution in [3.8, 4) is 0 Å². The molecular formula is C19H23N3O3. The zero-order valence-corrected chi connectivity index (χ0v) is 14.6. The van der Waals surface area contributed by atoms with Crippen molar-refractivity contribution in [1.82, 2.24) is 14.5 Å². The Balaban J connectivity index is 1.63. The fraction of sp³-hybridized carbons (Fsp3) is 0.421. The number of piperidine rings is 1. The van der Waals surface area contributed by atoms with Crippen molar-refractivity contribution in [3.05, 3.63) is 53.6 Å². The predicted octanol–water partition coefficient (Wildman–Crippen LogP) is 2.30. The Morgan fingerprint density at radius 3 is 2.68 bits per heavy atom. The van der Waals surface area contributed by atoms with Crippen LogP contribution in [0.3, 0.4) is 0 Å². The molecule has 1 unspecified atom stereocenters. The lowest BCUT2D eigenvalue weighted by atomic mass is 9.93. The summed E-state index contributed by atoms with van der Waals surface area (Å²) in [5.74, 6) is 0.321. The minimum atomic E-state index is -0.328. The van der Waals surface area contributed by atoms with E-state index in [1.807, 2.05) is 19.2 Å². The van der Waals surface area contributed by atoms with Crippen molar-refractivity contribution in [3.63, 3.8) is 0 Å². The van der Waals surface area contributed by atoms with E-state index in [4.69, 9.17) is 4.74 Å². The number of carbonyl (C=O) groups excluding carboxylic acids is 2. The maximum Gasteiger partial charge on any atom is 0.337 e. The maximum atomic E-state index is 12.7. The number of ketones is 1. The zero-order chi connectivity index (χ0) is 17.8. The fourth-order valence-electron chi connectivity index (χ4n) is 3.32. The van der Waals surface area contributed by atoms with Crippen LogP contribution < -0.4 is 0 Å². The molecule has 3 rings (SSSR count). The Hall–Kier alpha value is -2.47. The lowest BCUT2D eigenvalue weighted by molar-refractivity contribution is 0.0600. The molecule has 1 fully saturated rings. The molecule has 1 atom stereocenters. The highest BCUT2D eigenvalue weighted by Crippen LogP contribution is 2.22. The second kappa shape index (κ2) is 7.61. The third kappa shape index (κ3) is 3.96. The maximum absolute atomic E-state index is 12.7. The Morgan fingerprint density at radius 2 is 2.04 bits per heavy atom. The number of hydrogen-bond donors (Lipinski definition) is 0. The van der Waals surface area contributed by atoms with Crippen LogP contribution in [0.15, 0.2) is 36.7 Å². The second-order valence-corrected chi connectivity index (χ2v) is 6.49. The summed E-state index contributed by atoms with van der Waals surface area (Å²) >= 11 is 0.